The van der Waals surface area contributed by atoms with Crippen molar-refractivity contribution in [2.75, 3.05) is 99.6 Å². The van der Waals surface area contributed by atoms with Gasteiger partial charge in [-0.1, -0.05) is 0 Å². The molecule has 1 rings (SSSR count). The second kappa shape index (κ2) is 25.6. The summed E-state index contributed by atoms with van der Waals surface area (Å²) >= 11 is 0. The van der Waals surface area contributed by atoms with Crippen LogP contribution in [0.5, 0.6) is 0 Å². The van der Waals surface area contributed by atoms with Gasteiger partial charge in [-0.25, -0.2) is 21.7 Å². The minimum Gasteiger partial charge on any atom is -0.790 e. The number of hydrogen-bond donors (Lipinski definition) is 0. The Morgan fingerprint density at radius 1 is 0.481 bits per heavy atom. The lowest BCUT2D eigenvalue weighted by molar-refractivity contribution is -0.807. The first-order chi connectivity index (χ1) is 24.3. The highest BCUT2D eigenvalue weighted by atomic mass is 32.3. The van der Waals surface area contributed by atoms with Gasteiger partial charge in [0, 0.05) is 7.11 Å². The highest BCUT2D eigenvalue weighted by Crippen LogP contribution is 2.43. The molecule has 0 aromatic rings. The summed E-state index contributed by atoms with van der Waals surface area (Å²) in [6.07, 6.45) is -17.4. The van der Waals surface area contributed by atoms with E-state index < -0.39 is 86.3 Å². The molecule has 0 bridgehead atoms. The molecule has 52 heavy (non-hydrogen) atoms. The van der Waals surface area contributed by atoms with Crippen molar-refractivity contribution in [2.45, 2.75) is 36.6 Å². The molecular formula is C21H37O27P2S2-7. The van der Waals surface area contributed by atoms with Crippen LogP contribution in [-0.4, -0.2) is 162 Å². The van der Waals surface area contributed by atoms with Crippen molar-refractivity contribution >= 4 is 36.4 Å². The number of phosphoric ester groups is 2. The maximum Gasteiger partial charge on any atom is 0.218 e. The summed E-state index contributed by atoms with van der Waals surface area (Å²) in [7, 11) is -23.2. The SMILES string of the molecule is COCCOCCOCCOCCOCCOCCOCCOC1C(OS(=O)(=O)[O-])[C@H](OP(=O)([O-])[O-])C(OO[O-])C(OP(=O)([O-])[O-])[C@@H]1OS(=O)(=O)[O-]. The van der Waals surface area contributed by atoms with Crippen LogP contribution in [0.2, 0.25) is 0 Å². The van der Waals surface area contributed by atoms with E-state index in [0.29, 0.717) is 39.6 Å². The Morgan fingerprint density at radius 3 is 1.06 bits per heavy atom. The number of phosphoric acid groups is 2. The van der Waals surface area contributed by atoms with Gasteiger partial charge in [-0.3, -0.25) is 13.4 Å². The van der Waals surface area contributed by atoms with Gasteiger partial charge in [0.1, 0.15) is 30.5 Å². The average Bonchev–Trinajstić information content (AvgIpc) is 3.00. The molecule has 1 aliphatic rings. The Kier molecular flexibility index (Phi) is 24.4. The molecule has 0 saturated heterocycles. The summed E-state index contributed by atoms with van der Waals surface area (Å²) < 4.78 is 150. The maximum absolute atomic E-state index is 11.5. The van der Waals surface area contributed by atoms with Crippen molar-refractivity contribution in [1.82, 2.24) is 0 Å². The first kappa shape index (κ1) is 49.5. The average molecular weight is 848 g/mol. The van der Waals surface area contributed by atoms with Crippen molar-refractivity contribution in [3.8, 4) is 0 Å². The fourth-order valence-corrected chi connectivity index (χ4v) is 6.14. The monoisotopic (exact) mass is 847 g/mol. The van der Waals surface area contributed by atoms with E-state index in [9.17, 15) is 59.9 Å². The Labute approximate surface area is 297 Å². The molecule has 4 unspecified atom stereocenters. The lowest BCUT2D eigenvalue weighted by atomic mass is 9.85. The summed E-state index contributed by atoms with van der Waals surface area (Å²) in [6, 6.07) is 0. The molecule has 0 radical (unpaired) electrons. The molecule has 0 spiro atoms. The third-order valence-electron chi connectivity index (χ3n) is 5.88. The summed E-state index contributed by atoms with van der Waals surface area (Å²) in [5, 5.41) is 13.8. The van der Waals surface area contributed by atoms with E-state index in [0.717, 1.165) is 0 Å². The summed E-state index contributed by atoms with van der Waals surface area (Å²) in [5.74, 6) is 0. The minimum atomic E-state index is -6.37. The van der Waals surface area contributed by atoms with E-state index in [1.807, 2.05) is 0 Å². The van der Waals surface area contributed by atoms with Crippen molar-refractivity contribution in [3.05, 3.63) is 0 Å². The fraction of sp³-hybridized carbons (Fsp3) is 1.00. The standard InChI is InChI=1S/C21H44O27P2S2/c1-35-2-3-36-4-5-37-6-7-38-8-9-39-10-11-40-12-13-41-14-15-42-16-20(46-51(29,30)31)18(44-49(23,24)25)17(43-48-22)19(45-50(26,27)28)21(16)47-52(32,33)34/h16-22H,2-15H2,1H3,(H2,23,24,25)(H2,26,27,28)(H,29,30,31)(H,32,33,34)/p-7/t16?,17?,18-,19?,20?,21-/m1/s1. The molecule has 1 saturated carbocycles. The molecule has 0 heterocycles. The van der Waals surface area contributed by atoms with Crippen molar-refractivity contribution < 1.29 is 125 Å². The largest absolute Gasteiger partial charge is 0.790 e. The molecular weight excluding hydrogens is 810 g/mol. The van der Waals surface area contributed by atoms with E-state index in [4.69, 9.17) is 37.9 Å². The third kappa shape index (κ3) is 24.1. The van der Waals surface area contributed by atoms with Gasteiger partial charge in [-0.05, 0) is 0 Å². The van der Waals surface area contributed by atoms with Crippen molar-refractivity contribution in [2.24, 2.45) is 0 Å². The van der Waals surface area contributed by atoms with Crippen LogP contribution in [-0.2, 0) is 95.2 Å². The number of hydrogen-bond acceptors (Lipinski definition) is 27. The van der Waals surface area contributed by atoms with Gasteiger partial charge >= 0.3 is 0 Å². The van der Waals surface area contributed by atoms with E-state index in [-0.39, 0.29) is 39.6 Å². The quantitative estimate of drug-likeness (QED) is 0.0151. The van der Waals surface area contributed by atoms with Crippen LogP contribution in [0.1, 0.15) is 0 Å². The summed E-state index contributed by atoms with van der Waals surface area (Å²) in [4.78, 5) is 49.7. The zero-order valence-electron chi connectivity index (χ0n) is 27.1. The third-order valence-corrected chi connectivity index (χ3v) is 7.80. The van der Waals surface area contributed by atoms with Crippen LogP contribution < -0.4 is 24.8 Å². The first-order valence-electron chi connectivity index (χ1n) is 14.5. The van der Waals surface area contributed by atoms with Crippen molar-refractivity contribution in [3.63, 3.8) is 0 Å². The van der Waals surface area contributed by atoms with Crippen molar-refractivity contribution in [1.29, 1.82) is 0 Å². The van der Waals surface area contributed by atoms with Crippen LogP contribution in [0.25, 0.3) is 0 Å². The van der Waals surface area contributed by atoms with Gasteiger partial charge in [-0.2, -0.15) is 0 Å². The fourth-order valence-electron chi connectivity index (χ4n) is 4.08. The van der Waals surface area contributed by atoms with Crippen LogP contribution in [0, 0.1) is 0 Å². The predicted octanol–water partition coefficient (Wildman–Crippen LogP) is -7.16. The van der Waals surface area contributed by atoms with E-state index in [1.54, 1.807) is 7.11 Å². The van der Waals surface area contributed by atoms with Crippen LogP contribution in [0.3, 0.4) is 0 Å². The molecule has 312 valence electrons. The first-order valence-corrected chi connectivity index (χ1v) is 20.1. The number of ether oxygens (including phenoxy) is 8. The van der Waals surface area contributed by atoms with E-state index in [2.05, 4.69) is 27.3 Å². The second-order valence-electron chi connectivity index (χ2n) is 9.60. The Morgan fingerprint density at radius 2 is 0.788 bits per heavy atom. The van der Waals surface area contributed by atoms with Gasteiger partial charge in [0.15, 0.2) is 6.10 Å². The maximum atomic E-state index is 11.5. The number of rotatable bonds is 32. The normalized spacial score (nSPS) is 23.3. The lowest BCUT2D eigenvalue weighted by Crippen LogP contribution is -2.68. The van der Waals surface area contributed by atoms with Gasteiger partial charge < -0.3 is 90.0 Å². The Balaban J connectivity index is 2.70. The van der Waals surface area contributed by atoms with Gasteiger partial charge in [0.25, 0.3) is 0 Å². The molecule has 1 fully saturated rings. The minimum absolute atomic E-state index is 0.0409. The predicted molar refractivity (Wildman–Crippen MR) is 147 cm³/mol. The summed E-state index contributed by atoms with van der Waals surface area (Å²) in [6.45, 7) is 1.81. The van der Waals surface area contributed by atoms with Gasteiger partial charge in [-0.15, -0.1) is 0 Å². The highest BCUT2D eigenvalue weighted by molar-refractivity contribution is 7.81. The highest BCUT2D eigenvalue weighted by Gasteiger charge is 2.57. The zero-order valence-corrected chi connectivity index (χ0v) is 30.5. The van der Waals surface area contributed by atoms with E-state index >= 15 is 0 Å². The smallest absolute Gasteiger partial charge is 0.218 e. The lowest BCUT2D eigenvalue weighted by Gasteiger charge is -2.52. The molecule has 27 nitrogen and oxygen atoms in total. The molecule has 31 heteroatoms. The van der Waals surface area contributed by atoms with Gasteiger partial charge in [0.2, 0.25) is 20.8 Å². The molecule has 6 atom stereocenters. The Hall–Kier alpha value is -0.480. The molecule has 0 aliphatic heterocycles. The number of methoxy groups -OCH3 is 1. The summed E-state index contributed by atoms with van der Waals surface area (Å²) in [5.41, 5.74) is 0. The molecule has 0 aromatic heterocycles. The van der Waals surface area contributed by atoms with Crippen LogP contribution in [0.15, 0.2) is 0 Å². The van der Waals surface area contributed by atoms with Crippen LogP contribution in [0.4, 0.5) is 0 Å². The Bertz CT molecular complexity index is 1190. The zero-order chi connectivity index (χ0) is 39.3. The van der Waals surface area contributed by atoms with Gasteiger partial charge in [0.05, 0.1) is 108 Å². The topological polar surface area (TPSA) is 393 Å². The second-order valence-corrected chi connectivity index (χ2v) is 13.8. The van der Waals surface area contributed by atoms with Crippen LogP contribution >= 0.6 is 15.6 Å². The molecule has 0 amide bonds. The molecule has 0 aromatic carbocycles. The molecule has 1 aliphatic carbocycles. The molecule has 0 N–H and O–H groups in total. The van der Waals surface area contributed by atoms with E-state index in [1.165, 1.54) is 0 Å².